The molecule has 3 nitrogen and oxygen atoms in total. The van der Waals surface area contributed by atoms with Gasteiger partial charge in [-0.05, 0) is 12.1 Å². The van der Waals surface area contributed by atoms with E-state index in [1.807, 2.05) is 0 Å². The average Bonchev–Trinajstić information content (AvgIpc) is 2.17. The molecular weight excluding hydrogens is 221 g/mol. The summed E-state index contributed by atoms with van der Waals surface area (Å²) in [4.78, 5) is 3.69. The van der Waals surface area contributed by atoms with Crippen molar-refractivity contribution < 1.29 is 18.3 Å². The van der Waals surface area contributed by atoms with Gasteiger partial charge in [-0.15, -0.1) is 0 Å². The summed E-state index contributed by atoms with van der Waals surface area (Å²) in [5.41, 5.74) is -0.440. The van der Waals surface area contributed by atoms with Gasteiger partial charge in [-0.25, -0.2) is 0 Å². The van der Waals surface area contributed by atoms with Crippen molar-refractivity contribution in [1.82, 2.24) is 4.98 Å². The summed E-state index contributed by atoms with van der Waals surface area (Å²) in [5.74, 6) is -1.02. The van der Waals surface area contributed by atoms with Crippen molar-refractivity contribution in [2.24, 2.45) is 0 Å². The molecule has 0 saturated heterocycles. The standard InChI is InChI=1S/C10H7F3N2O/c11-10(12,13)5-9(16)7(6-14)8-3-1-2-4-15-8/h1-4,16H,5H2. The normalized spacial score (nSPS) is 12.9. The molecule has 1 N–H and O–H groups in total. The fourth-order valence-electron chi connectivity index (χ4n) is 1.06. The highest BCUT2D eigenvalue weighted by atomic mass is 19.4. The van der Waals surface area contributed by atoms with Gasteiger partial charge in [0.05, 0.1) is 5.69 Å². The Bertz CT molecular complexity index is 432. The van der Waals surface area contributed by atoms with Crippen molar-refractivity contribution in [3.63, 3.8) is 0 Å². The molecule has 0 radical (unpaired) electrons. The van der Waals surface area contributed by atoms with Gasteiger partial charge in [0.15, 0.2) is 0 Å². The molecule has 16 heavy (non-hydrogen) atoms. The molecule has 0 aliphatic heterocycles. The summed E-state index contributed by atoms with van der Waals surface area (Å²) >= 11 is 0. The highest BCUT2D eigenvalue weighted by Gasteiger charge is 2.30. The average molecular weight is 228 g/mol. The molecule has 1 heterocycles. The lowest BCUT2D eigenvalue weighted by atomic mass is 10.1. The second kappa shape index (κ2) is 4.66. The van der Waals surface area contributed by atoms with E-state index < -0.39 is 23.9 Å². The summed E-state index contributed by atoms with van der Waals surface area (Å²) in [6.07, 6.45) is -4.76. The Labute approximate surface area is 89.5 Å². The number of nitrogens with zero attached hydrogens (tertiary/aromatic N) is 2. The van der Waals surface area contributed by atoms with Gasteiger partial charge < -0.3 is 5.11 Å². The lowest BCUT2D eigenvalue weighted by molar-refractivity contribution is -0.132. The number of aromatic nitrogens is 1. The third-order valence-corrected chi connectivity index (χ3v) is 1.69. The Morgan fingerprint density at radius 1 is 1.44 bits per heavy atom. The molecule has 0 fully saturated rings. The molecule has 0 saturated carbocycles. The van der Waals surface area contributed by atoms with Crippen LogP contribution in [0, 0.1) is 11.3 Å². The SMILES string of the molecule is N#CC(=C(O)CC(F)(F)F)c1ccccn1. The molecule has 0 bridgehead atoms. The number of allylic oxidation sites excluding steroid dienone is 2. The van der Waals surface area contributed by atoms with Crippen molar-refractivity contribution >= 4 is 5.57 Å². The molecular formula is C10H7F3N2O. The number of nitriles is 1. The van der Waals surface area contributed by atoms with Crippen LogP contribution in [0.3, 0.4) is 0 Å². The highest BCUT2D eigenvalue weighted by Crippen LogP contribution is 2.27. The number of rotatable bonds is 2. The molecule has 0 aliphatic carbocycles. The number of pyridine rings is 1. The Kier molecular flexibility index (Phi) is 3.51. The van der Waals surface area contributed by atoms with Gasteiger partial charge in [-0.2, -0.15) is 18.4 Å². The molecule has 1 aromatic heterocycles. The van der Waals surface area contributed by atoms with Crippen LogP contribution in [-0.2, 0) is 0 Å². The summed E-state index contributed by atoms with van der Waals surface area (Å²) in [7, 11) is 0. The van der Waals surface area contributed by atoms with Gasteiger partial charge in [0.2, 0.25) is 0 Å². The molecule has 84 valence electrons. The van der Waals surface area contributed by atoms with Crippen molar-refractivity contribution in [3.05, 3.63) is 35.8 Å². The number of aliphatic hydroxyl groups is 1. The fraction of sp³-hybridized carbons (Fsp3) is 0.200. The molecule has 0 spiro atoms. The van der Waals surface area contributed by atoms with Gasteiger partial charge in [-0.1, -0.05) is 6.07 Å². The molecule has 0 atom stereocenters. The minimum Gasteiger partial charge on any atom is -0.510 e. The number of alkyl halides is 3. The number of hydrogen-bond donors (Lipinski definition) is 1. The van der Waals surface area contributed by atoms with Gasteiger partial charge in [0.25, 0.3) is 0 Å². The van der Waals surface area contributed by atoms with E-state index in [0.717, 1.165) is 0 Å². The summed E-state index contributed by atoms with van der Waals surface area (Å²) in [6.45, 7) is 0. The first-order valence-electron chi connectivity index (χ1n) is 4.24. The third-order valence-electron chi connectivity index (χ3n) is 1.69. The van der Waals surface area contributed by atoms with Gasteiger partial charge in [-0.3, -0.25) is 4.98 Å². The van der Waals surface area contributed by atoms with Gasteiger partial charge in [0.1, 0.15) is 23.8 Å². The maximum atomic E-state index is 12.0. The van der Waals surface area contributed by atoms with Crippen molar-refractivity contribution in [2.75, 3.05) is 0 Å². The van der Waals surface area contributed by atoms with Crippen LogP contribution in [-0.4, -0.2) is 16.3 Å². The first-order valence-corrected chi connectivity index (χ1v) is 4.24. The summed E-state index contributed by atoms with van der Waals surface area (Å²) < 4.78 is 36.0. The van der Waals surface area contributed by atoms with Crippen molar-refractivity contribution in [3.8, 4) is 6.07 Å². The Hall–Kier alpha value is -2.03. The van der Waals surface area contributed by atoms with Gasteiger partial charge >= 0.3 is 6.18 Å². The zero-order chi connectivity index (χ0) is 12.2. The molecule has 0 unspecified atom stereocenters. The molecule has 1 rings (SSSR count). The summed E-state index contributed by atoms with van der Waals surface area (Å²) in [6, 6.07) is 5.93. The van der Waals surface area contributed by atoms with E-state index in [9.17, 15) is 18.3 Å². The molecule has 0 aliphatic rings. The van der Waals surface area contributed by atoms with Crippen LogP contribution in [0.2, 0.25) is 0 Å². The lowest BCUT2D eigenvalue weighted by Crippen LogP contribution is -2.09. The molecule has 0 aromatic carbocycles. The van der Waals surface area contributed by atoms with E-state index in [-0.39, 0.29) is 5.69 Å². The van der Waals surface area contributed by atoms with Crippen LogP contribution in [0.25, 0.3) is 5.57 Å². The lowest BCUT2D eigenvalue weighted by Gasteiger charge is -2.07. The zero-order valence-corrected chi connectivity index (χ0v) is 7.99. The minimum absolute atomic E-state index is 0.0201. The predicted octanol–water partition coefficient (Wildman–Crippen LogP) is 2.83. The number of hydrogen-bond acceptors (Lipinski definition) is 3. The fourth-order valence-corrected chi connectivity index (χ4v) is 1.06. The second-order valence-electron chi connectivity index (χ2n) is 2.94. The van der Waals surface area contributed by atoms with E-state index in [1.54, 1.807) is 6.07 Å². The van der Waals surface area contributed by atoms with Crippen LogP contribution in [0.5, 0.6) is 0 Å². The summed E-state index contributed by atoms with van der Waals surface area (Å²) in [5, 5.41) is 17.9. The second-order valence-corrected chi connectivity index (χ2v) is 2.94. The van der Waals surface area contributed by atoms with E-state index in [0.29, 0.717) is 0 Å². The minimum atomic E-state index is -4.55. The molecule has 1 aromatic rings. The zero-order valence-electron chi connectivity index (χ0n) is 7.99. The number of halogens is 3. The maximum absolute atomic E-state index is 12.0. The Balaban J connectivity index is 3.08. The first-order chi connectivity index (χ1) is 7.44. The van der Waals surface area contributed by atoms with Crippen LogP contribution in [0.15, 0.2) is 30.2 Å². The highest BCUT2D eigenvalue weighted by molar-refractivity contribution is 5.75. The predicted molar refractivity (Wildman–Crippen MR) is 50.1 cm³/mol. The largest absolute Gasteiger partial charge is 0.510 e. The van der Waals surface area contributed by atoms with E-state index in [2.05, 4.69) is 4.98 Å². The quantitative estimate of drug-likeness (QED) is 0.625. The molecule has 6 heteroatoms. The van der Waals surface area contributed by atoms with Crippen LogP contribution < -0.4 is 0 Å². The Morgan fingerprint density at radius 3 is 2.56 bits per heavy atom. The van der Waals surface area contributed by atoms with E-state index >= 15 is 0 Å². The van der Waals surface area contributed by atoms with Crippen molar-refractivity contribution in [2.45, 2.75) is 12.6 Å². The Morgan fingerprint density at radius 2 is 2.12 bits per heavy atom. The van der Waals surface area contributed by atoms with E-state index in [1.165, 1.54) is 24.4 Å². The van der Waals surface area contributed by atoms with Crippen LogP contribution in [0.1, 0.15) is 12.1 Å². The maximum Gasteiger partial charge on any atom is 0.396 e. The first kappa shape index (κ1) is 12.0. The van der Waals surface area contributed by atoms with Crippen molar-refractivity contribution in [1.29, 1.82) is 5.26 Å². The monoisotopic (exact) mass is 228 g/mol. The van der Waals surface area contributed by atoms with Crippen LogP contribution in [0.4, 0.5) is 13.2 Å². The third kappa shape index (κ3) is 3.28. The molecule has 0 amide bonds. The van der Waals surface area contributed by atoms with Gasteiger partial charge in [0, 0.05) is 6.20 Å². The topological polar surface area (TPSA) is 56.9 Å². The van der Waals surface area contributed by atoms with E-state index in [4.69, 9.17) is 5.26 Å². The van der Waals surface area contributed by atoms with Crippen LogP contribution >= 0.6 is 0 Å². The smallest absolute Gasteiger partial charge is 0.396 e. The number of aliphatic hydroxyl groups excluding tert-OH is 1.